The molecule has 0 unspecified atom stereocenters. The number of methoxy groups -OCH3 is 1. The third-order valence-corrected chi connectivity index (χ3v) is 4.09. The number of carbonyl (C=O) groups excluding carboxylic acids is 1. The average molecular weight is 398 g/mol. The summed E-state index contributed by atoms with van der Waals surface area (Å²) in [7, 11) is 1.25. The first-order valence-electron chi connectivity index (χ1n) is 8.26. The molecule has 29 heavy (non-hydrogen) atoms. The number of pyridine rings is 1. The normalized spacial score (nSPS) is 11.0. The molecular formula is C19H15FN4O5. The van der Waals surface area contributed by atoms with Gasteiger partial charge in [0.1, 0.15) is 5.82 Å². The lowest BCUT2D eigenvalue weighted by molar-refractivity contribution is -0.386. The Labute approximate surface area is 163 Å². The predicted molar refractivity (Wildman–Crippen MR) is 103 cm³/mol. The van der Waals surface area contributed by atoms with Crippen molar-refractivity contribution in [1.82, 2.24) is 10.4 Å². The highest BCUT2D eigenvalue weighted by molar-refractivity contribution is 5.99. The van der Waals surface area contributed by atoms with Gasteiger partial charge in [0.05, 0.1) is 35.0 Å². The molecule has 0 radical (unpaired) electrons. The van der Waals surface area contributed by atoms with Crippen molar-refractivity contribution >= 4 is 28.7 Å². The Hall–Kier alpha value is -4.08. The van der Waals surface area contributed by atoms with Crippen LogP contribution in [-0.4, -0.2) is 34.2 Å². The predicted octanol–water partition coefficient (Wildman–Crippen LogP) is 3.07. The summed E-state index contributed by atoms with van der Waals surface area (Å²) in [4.78, 5) is 26.9. The number of aryl methyl sites for hydroxylation is 1. The topological polar surface area (TPSA) is 127 Å². The molecule has 1 amide bonds. The summed E-state index contributed by atoms with van der Waals surface area (Å²) in [6.07, 6.45) is 1.16. The molecule has 0 bridgehead atoms. The molecule has 3 rings (SSSR count). The van der Waals surface area contributed by atoms with Crippen LogP contribution in [0.3, 0.4) is 0 Å². The minimum atomic E-state index is -0.767. The summed E-state index contributed by atoms with van der Waals surface area (Å²) in [5.74, 6) is -1.75. The molecule has 3 aromatic rings. The van der Waals surface area contributed by atoms with Crippen LogP contribution in [0.15, 0.2) is 41.5 Å². The van der Waals surface area contributed by atoms with Crippen molar-refractivity contribution in [3.05, 3.63) is 69.2 Å². The second kappa shape index (κ2) is 7.89. The van der Waals surface area contributed by atoms with Gasteiger partial charge in [0.25, 0.3) is 5.91 Å². The molecule has 2 N–H and O–H groups in total. The number of fused-ring (bicyclic) bond motifs is 1. The number of carbonyl (C=O) groups is 1. The number of nitro groups is 1. The molecule has 0 fully saturated rings. The minimum Gasteiger partial charge on any atom is -0.500 e. The first-order chi connectivity index (χ1) is 13.8. The number of nitrogens with one attached hydrogen (secondary N) is 1. The van der Waals surface area contributed by atoms with E-state index in [1.807, 2.05) is 0 Å². The van der Waals surface area contributed by atoms with Crippen molar-refractivity contribution in [2.45, 2.75) is 6.92 Å². The van der Waals surface area contributed by atoms with Gasteiger partial charge in [-0.05, 0) is 37.3 Å². The van der Waals surface area contributed by atoms with E-state index < -0.39 is 28.1 Å². The Kier molecular flexibility index (Phi) is 5.35. The SMILES string of the molecule is COc1cc(C=NNC(=O)c2cc3cc(F)ccc3nc2C)cc([N+](=O)[O-])c1O. The highest BCUT2D eigenvalue weighted by Crippen LogP contribution is 2.36. The number of nitrogens with zero attached hydrogens (tertiary/aromatic N) is 3. The molecule has 1 aromatic heterocycles. The number of phenols is 1. The van der Waals surface area contributed by atoms with Gasteiger partial charge in [0.15, 0.2) is 5.75 Å². The van der Waals surface area contributed by atoms with E-state index in [0.717, 1.165) is 12.3 Å². The zero-order valence-electron chi connectivity index (χ0n) is 15.3. The van der Waals surface area contributed by atoms with Crippen molar-refractivity contribution in [2.75, 3.05) is 7.11 Å². The number of halogens is 1. The molecule has 0 aliphatic rings. The van der Waals surface area contributed by atoms with Crippen LogP contribution in [0, 0.1) is 22.9 Å². The van der Waals surface area contributed by atoms with Crippen LogP contribution in [-0.2, 0) is 0 Å². The molecule has 0 spiro atoms. The number of hydrogen-bond donors (Lipinski definition) is 2. The third-order valence-electron chi connectivity index (χ3n) is 4.09. The fourth-order valence-electron chi connectivity index (χ4n) is 2.68. The maximum atomic E-state index is 13.4. The van der Waals surface area contributed by atoms with Gasteiger partial charge in [-0.25, -0.2) is 9.82 Å². The van der Waals surface area contributed by atoms with E-state index in [9.17, 15) is 24.4 Å². The highest BCUT2D eigenvalue weighted by atomic mass is 19.1. The zero-order chi connectivity index (χ0) is 21.1. The van der Waals surface area contributed by atoms with Crippen molar-refractivity contribution in [3.8, 4) is 11.5 Å². The van der Waals surface area contributed by atoms with E-state index in [2.05, 4.69) is 15.5 Å². The van der Waals surface area contributed by atoms with Gasteiger partial charge < -0.3 is 9.84 Å². The fraction of sp³-hybridized carbons (Fsp3) is 0.105. The van der Waals surface area contributed by atoms with Crippen molar-refractivity contribution in [1.29, 1.82) is 0 Å². The van der Waals surface area contributed by atoms with Crippen molar-refractivity contribution in [3.63, 3.8) is 0 Å². The van der Waals surface area contributed by atoms with Crippen LogP contribution in [0.1, 0.15) is 21.6 Å². The lowest BCUT2D eigenvalue weighted by Crippen LogP contribution is -2.19. The molecule has 0 aliphatic carbocycles. The third kappa shape index (κ3) is 4.10. The van der Waals surface area contributed by atoms with E-state index >= 15 is 0 Å². The van der Waals surface area contributed by atoms with Gasteiger partial charge in [0, 0.05) is 17.0 Å². The first-order valence-corrected chi connectivity index (χ1v) is 8.26. The van der Waals surface area contributed by atoms with Gasteiger partial charge in [-0.2, -0.15) is 5.10 Å². The molecule has 0 saturated heterocycles. The summed E-state index contributed by atoms with van der Waals surface area (Å²) in [5, 5.41) is 25.0. The highest BCUT2D eigenvalue weighted by Gasteiger charge is 2.19. The largest absolute Gasteiger partial charge is 0.500 e. The van der Waals surface area contributed by atoms with Crippen LogP contribution in [0.5, 0.6) is 11.5 Å². The molecule has 0 saturated carbocycles. The summed E-state index contributed by atoms with van der Waals surface area (Å²) in [5.41, 5.74) is 3.14. The van der Waals surface area contributed by atoms with Gasteiger partial charge >= 0.3 is 5.69 Å². The van der Waals surface area contributed by atoms with Crippen LogP contribution in [0.2, 0.25) is 0 Å². The van der Waals surface area contributed by atoms with Gasteiger partial charge in [-0.15, -0.1) is 0 Å². The van der Waals surface area contributed by atoms with Crippen LogP contribution in [0.25, 0.3) is 10.9 Å². The molecule has 10 heteroatoms. The first kappa shape index (κ1) is 19.7. The number of hydrazone groups is 1. The number of rotatable bonds is 5. The Balaban J connectivity index is 1.85. The van der Waals surface area contributed by atoms with Crippen molar-refractivity contribution in [2.24, 2.45) is 5.10 Å². The average Bonchev–Trinajstić information content (AvgIpc) is 2.68. The van der Waals surface area contributed by atoms with Crippen LogP contribution >= 0.6 is 0 Å². The summed E-state index contributed by atoms with van der Waals surface area (Å²) < 4.78 is 18.3. The van der Waals surface area contributed by atoms with E-state index in [4.69, 9.17) is 4.74 Å². The van der Waals surface area contributed by atoms with E-state index in [1.165, 1.54) is 37.4 Å². The van der Waals surface area contributed by atoms with Crippen LogP contribution < -0.4 is 10.2 Å². The number of hydrogen-bond acceptors (Lipinski definition) is 7. The Morgan fingerprint density at radius 2 is 2.10 bits per heavy atom. The number of amides is 1. The molecule has 0 aliphatic heterocycles. The number of nitro benzene ring substituents is 1. The number of aromatic nitrogens is 1. The maximum Gasteiger partial charge on any atom is 0.315 e. The Morgan fingerprint density at radius 3 is 2.79 bits per heavy atom. The molecule has 2 aromatic carbocycles. The fourth-order valence-corrected chi connectivity index (χ4v) is 2.68. The standard InChI is InChI=1S/C19H15FN4O5/c1-10-14(8-12-7-13(20)3-4-15(12)22-10)19(26)23-21-9-11-5-16(24(27)28)18(25)17(6-11)29-2/h3-9,25H,1-2H3,(H,23,26). The quantitative estimate of drug-likeness (QED) is 0.386. The van der Waals surface area contributed by atoms with Crippen molar-refractivity contribution < 1.29 is 24.0 Å². The van der Waals surface area contributed by atoms with E-state index in [1.54, 1.807) is 6.92 Å². The maximum absolute atomic E-state index is 13.4. The lowest BCUT2D eigenvalue weighted by atomic mass is 10.1. The summed E-state index contributed by atoms with van der Waals surface area (Å²) in [6, 6.07) is 7.97. The second-order valence-corrected chi connectivity index (χ2v) is 6.01. The summed E-state index contributed by atoms with van der Waals surface area (Å²) >= 11 is 0. The van der Waals surface area contributed by atoms with Gasteiger partial charge in [0.2, 0.25) is 5.75 Å². The second-order valence-electron chi connectivity index (χ2n) is 6.01. The minimum absolute atomic E-state index is 0.108. The van der Waals surface area contributed by atoms with E-state index in [0.29, 0.717) is 16.6 Å². The number of phenolic OH excluding ortho intramolecular Hbond substituents is 1. The van der Waals surface area contributed by atoms with Gasteiger partial charge in [-0.3, -0.25) is 19.9 Å². The molecular weight excluding hydrogens is 383 g/mol. The molecule has 148 valence electrons. The Bertz CT molecular complexity index is 1160. The summed E-state index contributed by atoms with van der Waals surface area (Å²) in [6.45, 7) is 1.63. The van der Waals surface area contributed by atoms with Gasteiger partial charge in [-0.1, -0.05) is 0 Å². The Morgan fingerprint density at radius 1 is 1.34 bits per heavy atom. The van der Waals surface area contributed by atoms with Crippen LogP contribution in [0.4, 0.5) is 10.1 Å². The number of benzene rings is 2. The van der Waals surface area contributed by atoms with E-state index in [-0.39, 0.29) is 16.9 Å². The monoisotopic (exact) mass is 398 g/mol. The molecule has 0 atom stereocenters. The molecule has 1 heterocycles. The zero-order valence-corrected chi connectivity index (χ0v) is 15.3. The number of ether oxygens (including phenoxy) is 1. The molecule has 9 nitrogen and oxygen atoms in total. The number of aromatic hydroxyl groups is 1. The lowest BCUT2D eigenvalue weighted by Gasteiger charge is -2.07. The smallest absolute Gasteiger partial charge is 0.315 e.